The molecular formula is C23H24F7NO4S. The Hall–Kier alpha value is -2.83. The van der Waals surface area contributed by atoms with Gasteiger partial charge < -0.3 is 9.64 Å². The third kappa shape index (κ3) is 5.93. The zero-order chi connectivity index (χ0) is 26.4. The molecule has 0 N–H and O–H groups in total. The van der Waals surface area contributed by atoms with Gasteiger partial charge in [-0.25, -0.2) is 12.8 Å². The second kappa shape index (κ2) is 9.91. The van der Waals surface area contributed by atoms with Gasteiger partial charge in [0.2, 0.25) is 5.91 Å². The number of amides is 1. The predicted molar refractivity (Wildman–Crippen MR) is 118 cm³/mol. The third-order valence-electron chi connectivity index (χ3n) is 6.01. The van der Waals surface area contributed by atoms with Crippen molar-refractivity contribution in [2.24, 2.45) is 5.92 Å². The van der Waals surface area contributed by atoms with E-state index in [0.717, 1.165) is 35.2 Å². The molecule has 0 bridgehead atoms. The Labute approximate surface area is 203 Å². The van der Waals surface area contributed by atoms with Crippen LogP contribution in [-0.2, 0) is 20.8 Å². The highest BCUT2D eigenvalue weighted by atomic mass is 32.2. The molecule has 1 heterocycles. The first-order chi connectivity index (χ1) is 15.9. The van der Waals surface area contributed by atoms with Crippen LogP contribution in [0, 0.1) is 11.7 Å². The summed E-state index contributed by atoms with van der Waals surface area (Å²) in [6.45, 7) is 2.49. The SMILES string of the molecule is C.CC(C)([C@@H]1CCN(c2ccc(C(F)(F)F)cc2F)C(=O)C1)S(=O)(=O)c1cccc(OC(F)(F)F)c1. The standard InChI is InChI=1S/C22H20F7NO4S.CH4/c1-20(2,35(32,33)16-5-3-4-15(12-16)34-22(27,28)29)13-8-9-30(19(31)11-13)18-7-6-14(10-17(18)23)21(24,25)26;/h3-7,10,12-13H,8-9,11H2,1-2H3;1H4/t13-;/m1./s1. The third-order valence-corrected chi connectivity index (χ3v) is 8.61. The number of anilines is 1. The van der Waals surface area contributed by atoms with E-state index in [0.29, 0.717) is 6.07 Å². The van der Waals surface area contributed by atoms with Crippen molar-refractivity contribution in [2.45, 2.75) is 56.3 Å². The molecule has 0 saturated carbocycles. The maximum atomic E-state index is 14.4. The molecule has 200 valence electrons. The molecule has 2 aromatic carbocycles. The normalized spacial score (nSPS) is 17.5. The summed E-state index contributed by atoms with van der Waals surface area (Å²) in [5.74, 6) is -3.48. The van der Waals surface area contributed by atoms with E-state index >= 15 is 0 Å². The lowest BCUT2D eigenvalue weighted by Crippen LogP contribution is -2.48. The molecular weight excluding hydrogens is 519 g/mol. The number of carbonyl (C=O) groups excluding carboxylic acids is 1. The molecule has 1 fully saturated rings. The summed E-state index contributed by atoms with van der Waals surface area (Å²) in [4.78, 5) is 13.3. The number of hydrogen-bond acceptors (Lipinski definition) is 4. The lowest BCUT2D eigenvalue weighted by atomic mass is 9.85. The lowest BCUT2D eigenvalue weighted by Gasteiger charge is -2.39. The number of rotatable bonds is 5. The van der Waals surface area contributed by atoms with Crippen LogP contribution in [-0.4, -0.2) is 32.0 Å². The Morgan fingerprint density at radius 1 is 1.00 bits per heavy atom. The van der Waals surface area contributed by atoms with Gasteiger partial charge in [-0.05, 0) is 62.6 Å². The van der Waals surface area contributed by atoms with Crippen LogP contribution < -0.4 is 9.64 Å². The zero-order valence-electron chi connectivity index (χ0n) is 18.4. The molecule has 0 radical (unpaired) electrons. The Balaban J connectivity index is 0.00000456. The fourth-order valence-electron chi connectivity index (χ4n) is 3.94. The monoisotopic (exact) mass is 543 g/mol. The second-order valence-electron chi connectivity index (χ2n) is 8.53. The zero-order valence-corrected chi connectivity index (χ0v) is 19.2. The van der Waals surface area contributed by atoms with Gasteiger partial charge in [0.1, 0.15) is 11.6 Å². The molecule has 1 atom stereocenters. The van der Waals surface area contributed by atoms with Gasteiger partial charge in [0, 0.05) is 13.0 Å². The summed E-state index contributed by atoms with van der Waals surface area (Å²) in [6.07, 6.45) is -10.1. The number of nitrogens with zero attached hydrogens (tertiary/aromatic N) is 1. The van der Waals surface area contributed by atoms with E-state index in [-0.39, 0.29) is 38.6 Å². The fourth-order valence-corrected chi connectivity index (χ4v) is 5.72. The van der Waals surface area contributed by atoms with Crippen LogP contribution in [0.4, 0.5) is 36.4 Å². The molecule has 2 aromatic rings. The lowest BCUT2D eigenvalue weighted by molar-refractivity contribution is -0.274. The first kappa shape index (κ1) is 29.4. The summed E-state index contributed by atoms with van der Waals surface area (Å²) in [6, 6.07) is 5.63. The predicted octanol–water partition coefficient (Wildman–Crippen LogP) is 6.37. The molecule has 1 aliphatic rings. The summed E-state index contributed by atoms with van der Waals surface area (Å²) in [5.41, 5.74) is -1.58. The van der Waals surface area contributed by atoms with Gasteiger partial charge in [-0.3, -0.25) is 4.79 Å². The van der Waals surface area contributed by atoms with E-state index in [1.807, 2.05) is 0 Å². The van der Waals surface area contributed by atoms with E-state index in [1.54, 1.807) is 0 Å². The van der Waals surface area contributed by atoms with Gasteiger partial charge in [0.15, 0.2) is 9.84 Å². The average molecular weight is 544 g/mol. The van der Waals surface area contributed by atoms with Crippen LogP contribution in [0.25, 0.3) is 0 Å². The summed E-state index contributed by atoms with van der Waals surface area (Å²) >= 11 is 0. The van der Waals surface area contributed by atoms with Crippen molar-refractivity contribution in [3.63, 3.8) is 0 Å². The number of ether oxygens (including phenoxy) is 1. The molecule has 1 saturated heterocycles. The number of hydrogen-bond donors (Lipinski definition) is 0. The number of alkyl halides is 6. The van der Waals surface area contributed by atoms with Crippen LogP contribution in [0.15, 0.2) is 47.4 Å². The highest BCUT2D eigenvalue weighted by molar-refractivity contribution is 7.92. The Morgan fingerprint density at radius 2 is 1.64 bits per heavy atom. The molecule has 1 aliphatic heterocycles. The van der Waals surface area contributed by atoms with Gasteiger partial charge in [-0.1, -0.05) is 13.5 Å². The molecule has 36 heavy (non-hydrogen) atoms. The molecule has 0 unspecified atom stereocenters. The minimum absolute atomic E-state index is 0. The van der Waals surface area contributed by atoms with Crippen LogP contribution in [0.1, 0.15) is 39.7 Å². The van der Waals surface area contributed by atoms with Crippen LogP contribution >= 0.6 is 0 Å². The Bertz CT molecular complexity index is 1220. The maximum Gasteiger partial charge on any atom is 0.573 e. The van der Waals surface area contributed by atoms with Crippen molar-refractivity contribution in [3.05, 3.63) is 53.8 Å². The number of carbonyl (C=O) groups is 1. The number of halogens is 7. The van der Waals surface area contributed by atoms with E-state index in [9.17, 15) is 43.9 Å². The molecule has 0 spiro atoms. The first-order valence-electron chi connectivity index (χ1n) is 10.2. The van der Waals surface area contributed by atoms with Crippen molar-refractivity contribution in [3.8, 4) is 5.75 Å². The fraction of sp³-hybridized carbons (Fsp3) is 0.435. The molecule has 0 aromatic heterocycles. The largest absolute Gasteiger partial charge is 0.573 e. The molecule has 5 nitrogen and oxygen atoms in total. The van der Waals surface area contributed by atoms with Crippen LogP contribution in [0.5, 0.6) is 5.75 Å². The molecule has 13 heteroatoms. The van der Waals surface area contributed by atoms with Gasteiger partial charge in [-0.2, -0.15) is 13.2 Å². The summed E-state index contributed by atoms with van der Waals surface area (Å²) < 4.78 is 119. The molecule has 0 aliphatic carbocycles. The van der Waals surface area contributed by atoms with E-state index in [1.165, 1.54) is 13.8 Å². The number of sulfone groups is 1. The van der Waals surface area contributed by atoms with E-state index in [2.05, 4.69) is 4.74 Å². The van der Waals surface area contributed by atoms with Gasteiger partial charge in [0.25, 0.3) is 0 Å². The quantitative estimate of drug-likeness (QED) is 0.411. The second-order valence-corrected chi connectivity index (χ2v) is 11.1. The minimum Gasteiger partial charge on any atom is -0.406 e. The maximum absolute atomic E-state index is 14.4. The number of piperidine rings is 1. The van der Waals surface area contributed by atoms with Crippen molar-refractivity contribution in [2.75, 3.05) is 11.4 Å². The van der Waals surface area contributed by atoms with E-state index < -0.39 is 61.0 Å². The topological polar surface area (TPSA) is 63.7 Å². The Kier molecular flexibility index (Phi) is 8.09. The van der Waals surface area contributed by atoms with Gasteiger partial charge in [0.05, 0.1) is 20.9 Å². The highest BCUT2D eigenvalue weighted by Gasteiger charge is 2.46. The van der Waals surface area contributed by atoms with Crippen molar-refractivity contribution >= 4 is 21.4 Å². The smallest absolute Gasteiger partial charge is 0.406 e. The molecule has 1 amide bonds. The van der Waals surface area contributed by atoms with E-state index in [4.69, 9.17) is 0 Å². The average Bonchev–Trinajstić information content (AvgIpc) is 2.72. The van der Waals surface area contributed by atoms with Crippen LogP contribution in [0.3, 0.4) is 0 Å². The van der Waals surface area contributed by atoms with Gasteiger partial charge >= 0.3 is 12.5 Å². The summed E-state index contributed by atoms with van der Waals surface area (Å²) in [7, 11) is -4.27. The van der Waals surface area contributed by atoms with Crippen LogP contribution in [0.2, 0.25) is 0 Å². The minimum atomic E-state index is -5.02. The Morgan fingerprint density at radius 3 is 2.17 bits per heavy atom. The first-order valence-corrected chi connectivity index (χ1v) is 11.7. The van der Waals surface area contributed by atoms with Gasteiger partial charge in [-0.15, -0.1) is 13.2 Å². The summed E-state index contributed by atoms with van der Waals surface area (Å²) in [5, 5.41) is 0. The highest BCUT2D eigenvalue weighted by Crippen LogP contribution is 2.41. The van der Waals surface area contributed by atoms with Crippen molar-refractivity contribution in [1.82, 2.24) is 0 Å². The van der Waals surface area contributed by atoms with Crippen molar-refractivity contribution in [1.29, 1.82) is 0 Å². The molecule has 3 rings (SSSR count). The number of benzene rings is 2. The van der Waals surface area contributed by atoms with Crippen molar-refractivity contribution < 1.29 is 48.7 Å².